The predicted octanol–water partition coefficient (Wildman–Crippen LogP) is 2.42. The molecule has 1 aromatic rings. The standard InChI is InChI=1S/C14H22N2O3S/c1-4-19-9-5-8-15-14(20)16-12-10-11(17-2)6-7-13(12)18-3/h6-7,10H,4-5,8-9H2,1-3H3,(H2,15,16,20). The van der Waals surface area contributed by atoms with Crippen molar-refractivity contribution < 1.29 is 14.2 Å². The van der Waals surface area contributed by atoms with E-state index in [0.717, 1.165) is 37.6 Å². The zero-order valence-corrected chi connectivity index (χ0v) is 13.0. The molecular weight excluding hydrogens is 276 g/mol. The van der Waals surface area contributed by atoms with E-state index < -0.39 is 0 Å². The molecule has 6 heteroatoms. The molecule has 0 fully saturated rings. The normalized spacial score (nSPS) is 9.95. The largest absolute Gasteiger partial charge is 0.497 e. The highest BCUT2D eigenvalue weighted by Gasteiger charge is 2.06. The predicted molar refractivity (Wildman–Crippen MR) is 84.9 cm³/mol. The van der Waals surface area contributed by atoms with Gasteiger partial charge in [-0.2, -0.15) is 0 Å². The SMILES string of the molecule is CCOCCCNC(=S)Nc1cc(OC)ccc1OC. The van der Waals surface area contributed by atoms with Crippen molar-refractivity contribution in [3.63, 3.8) is 0 Å². The van der Waals surface area contributed by atoms with E-state index in [2.05, 4.69) is 10.6 Å². The van der Waals surface area contributed by atoms with Crippen LogP contribution in [0.25, 0.3) is 0 Å². The summed E-state index contributed by atoms with van der Waals surface area (Å²) in [6, 6.07) is 5.51. The molecule has 5 nitrogen and oxygen atoms in total. The van der Waals surface area contributed by atoms with Gasteiger partial charge in [0.25, 0.3) is 0 Å². The fraction of sp³-hybridized carbons (Fsp3) is 0.500. The lowest BCUT2D eigenvalue weighted by atomic mass is 10.2. The van der Waals surface area contributed by atoms with Gasteiger partial charge in [0.15, 0.2) is 5.11 Å². The Morgan fingerprint density at radius 2 is 2.05 bits per heavy atom. The molecule has 1 rings (SSSR count). The fourth-order valence-corrected chi connectivity index (χ4v) is 1.81. The number of hydrogen-bond acceptors (Lipinski definition) is 4. The lowest BCUT2D eigenvalue weighted by molar-refractivity contribution is 0.146. The monoisotopic (exact) mass is 298 g/mol. The summed E-state index contributed by atoms with van der Waals surface area (Å²) in [6.07, 6.45) is 0.908. The summed E-state index contributed by atoms with van der Waals surface area (Å²) in [5.41, 5.74) is 0.772. The molecule has 0 saturated carbocycles. The summed E-state index contributed by atoms with van der Waals surface area (Å²) >= 11 is 5.24. The summed E-state index contributed by atoms with van der Waals surface area (Å²) in [5.74, 6) is 1.46. The Balaban J connectivity index is 2.48. The average Bonchev–Trinajstić information content (AvgIpc) is 2.47. The summed E-state index contributed by atoms with van der Waals surface area (Å²) in [6.45, 7) is 4.21. The summed E-state index contributed by atoms with van der Waals surface area (Å²) in [5, 5.41) is 6.77. The van der Waals surface area contributed by atoms with Crippen molar-refractivity contribution in [3.8, 4) is 11.5 Å². The third-order valence-electron chi connectivity index (χ3n) is 2.61. The van der Waals surface area contributed by atoms with Gasteiger partial charge in [0.1, 0.15) is 11.5 Å². The minimum Gasteiger partial charge on any atom is -0.497 e. The first-order valence-corrected chi connectivity index (χ1v) is 6.96. The van der Waals surface area contributed by atoms with Crippen LogP contribution in [-0.4, -0.2) is 39.1 Å². The number of hydrogen-bond donors (Lipinski definition) is 2. The number of rotatable bonds is 8. The van der Waals surface area contributed by atoms with Gasteiger partial charge in [0, 0.05) is 25.8 Å². The second kappa shape index (κ2) is 9.39. The van der Waals surface area contributed by atoms with Gasteiger partial charge in [-0.15, -0.1) is 0 Å². The third kappa shape index (κ3) is 5.63. The smallest absolute Gasteiger partial charge is 0.170 e. The summed E-state index contributed by atoms with van der Waals surface area (Å²) in [4.78, 5) is 0. The highest BCUT2D eigenvalue weighted by molar-refractivity contribution is 7.80. The number of ether oxygens (including phenoxy) is 3. The van der Waals surface area contributed by atoms with Crippen LogP contribution in [0, 0.1) is 0 Å². The van der Waals surface area contributed by atoms with Gasteiger partial charge in [-0.3, -0.25) is 0 Å². The van der Waals surface area contributed by atoms with Crippen molar-refractivity contribution in [1.29, 1.82) is 0 Å². The molecule has 0 spiro atoms. The van der Waals surface area contributed by atoms with Crippen LogP contribution in [0.15, 0.2) is 18.2 Å². The molecule has 0 heterocycles. The number of thiocarbonyl (C=S) groups is 1. The van der Waals surface area contributed by atoms with E-state index >= 15 is 0 Å². The van der Waals surface area contributed by atoms with Crippen LogP contribution >= 0.6 is 12.2 Å². The Hall–Kier alpha value is -1.53. The van der Waals surface area contributed by atoms with Crippen LogP contribution in [0.5, 0.6) is 11.5 Å². The molecule has 0 aliphatic carbocycles. The Kier molecular flexibility index (Phi) is 7.75. The summed E-state index contributed by atoms with van der Waals surface area (Å²) < 4.78 is 15.7. The van der Waals surface area contributed by atoms with Crippen LogP contribution in [-0.2, 0) is 4.74 Å². The molecule has 112 valence electrons. The molecule has 0 unspecified atom stereocenters. The molecular formula is C14H22N2O3S. The van der Waals surface area contributed by atoms with E-state index in [0.29, 0.717) is 10.9 Å². The van der Waals surface area contributed by atoms with Crippen LogP contribution < -0.4 is 20.1 Å². The third-order valence-corrected chi connectivity index (χ3v) is 2.86. The zero-order chi connectivity index (χ0) is 14.8. The molecule has 20 heavy (non-hydrogen) atoms. The van der Waals surface area contributed by atoms with Gasteiger partial charge in [-0.05, 0) is 37.7 Å². The number of methoxy groups -OCH3 is 2. The molecule has 0 aliphatic heterocycles. The number of benzene rings is 1. The van der Waals surface area contributed by atoms with Crippen molar-refractivity contribution in [2.75, 3.05) is 39.3 Å². The molecule has 0 atom stereocenters. The molecule has 0 amide bonds. The van der Waals surface area contributed by atoms with Crippen molar-refractivity contribution in [2.45, 2.75) is 13.3 Å². The van der Waals surface area contributed by atoms with Crippen molar-refractivity contribution in [2.24, 2.45) is 0 Å². The van der Waals surface area contributed by atoms with Gasteiger partial charge in [0.2, 0.25) is 0 Å². The van der Waals surface area contributed by atoms with E-state index in [1.807, 2.05) is 25.1 Å². The van der Waals surface area contributed by atoms with Crippen LogP contribution in [0.3, 0.4) is 0 Å². The molecule has 0 saturated heterocycles. The second-order valence-electron chi connectivity index (χ2n) is 4.00. The first-order chi connectivity index (χ1) is 9.71. The number of nitrogens with one attached hydrogen (secondary N) is 2. The van der Waals surface area contributed by atoms with Gasteiger partial charge >= 0.3 is 0 Å². The first-order valence-electron chi connectivity index (χ1n) is 6.55. The quantitative estimate of drug-likeness (QED) is 0.568. The van der Waals surface area contributed by atoms with Crippen molar-refractivity contribution >= 4 is 23.0 Å². The minimum atomic E-state index is 0.549. The highest BCUT2D eigenvalue weighted by Crippen LogP contribution is 2.28. The van der Waals surface area contributed by atoms with E-state index in [1.54, 1.807) is 14.2 Å². The van der Waals surface area contributed by atoms with Crippen LogP contribution in [0.4, 0.5) is 5.69 Å². The molecule has 0 radical (unpaired) electrons. The van der Waals surface area contributed by atoms with Crippen LogP contribution in [0.1, 0.15) is 13.3 Å². The van der Waals surface area contributed by atoms with Gasteiger partial charge in [-0.25, -0.2) is 0 Å². The van der Waals surface area contributed by atoms with E-state index in [-0.39, 0.29) is 0 Å². The molecule has 0 bridgehead atoms. The average molecular weight is 298 g/mol. The lowest BCUT2D eigenvalue weighted by Gasteiger charge is -2.14. The Labute approximate surface area is 125 Å². The molecule has 0 aliphatic rings. The van der Waals surface area contributed by atoms with E-state index in [1.165, 1.54) is 0 Å². The highest BCUT2D eigenvalue weighted by atomic mass is 32.1. The Bertz CT molecular complexity index is 427. The molecule has 0 aromatic heterocycles. The van der Waals surface area contributed by atoms with Crippen molar-refractivity contribution in [1.82, 2.24) is 5.32 Å². The Morgan fingerprint density at radius 3 is 2.70 bits per heavy atom. The molecule has 2 N–H and O–H groups in total. The van der Waals surface area contributed by atoms with Crippen LogP contribution in [0.2, 0.25) is 0 Å². The van der Waals surface area contributed by atoms with E-state index in [4.69, 9.17) is 26.4 Å². The maximum Gasteiger partial charge on any atom is 0.170 e. The maximum atomic E-state index is 5.28. The minimum absolute atomic E-state index is 0.549. The topological polar surface area (TPSA) is 51.8 Å². The lowest BCUT2D eigenvalue weighted by Crippen LogP contribution is -2.30. The van der Waals surface area contributed by atoms with Gasteiger partial charge in [0.05, 0.1) is 19.9 Å². The van der Waals surface area contributed by atoms with Gasteiger partial charge < -0.3 is 24.8 Å². The van der Waals surface area contributed by atoms with E-state index in [9.17, 15) is 0 Å². The fourth-order valence-electron chi connectivity index (χ4n) is 1.60. The first kappa shape index (κ1) is 16.5. The maximum absolute atomic E-state index is 5.28. The van der Waals surface area contributed by atoms with Crippen molar-refractivity contribution in [3.05, 3.63) is 18.2 Å². The summed E-state index contributed by atoms with van der Waals surface area (Å²) in [7, 11) is 3.24. The Morgan fingerprint density at radius 1 is 1.25 bits per heavy atom. The van der Waals surface area contributed by atoms with Gasteiger partial charge in [-0.1, -0.05) is 0 Å². The molecule has 1 aromatic carbocycles. The zero-order valence-electron chi connectivity index (χ0n) is 12.2. The number of anilines is 1. The second-order valence-corrected chi connectivity index (χ2v) is 4.41.